The van der Waals surface area contributed by atoms with Crippen molar-refractivity contribution in [3.8, 4) is 11.8 Å². The molecule has 1 aliphatic carbocycles. The maximum absolute atomic E-state index is 12.4. The number of nitriles is 1. The van der Waals surface area contributed by atoms with Crippen molar-refractivity contribution in [3.05, 3.63) is 74.9 Å². The molecule has 0 fully saturated rings. The molecule has 7 nitrogen and oxygen atoms in total. The van der Waals surface area contributed by atoms with E-state index in [1.807, 2.05) is 6.07 Å². The minimum atomic E-state index is -0.560. The summed E-state index contributed by atoms with van der Waals surface area (Å²) < 4.78 is 11.1. The van der Waals surface area contributed by atoms with Crippen LogP contribution in [0.15, 0.2) is 46.9 Å². The van der Waals surface area contributed by atoms with Gasteiger partial charge in [-0.15, -0.1) is 11.3 Å². The van der Waals surface area contributed by atoms with Crippen molar-refractivity contribution in [2.24, 2.45) is 0 Å². The van der Waals surface area contributed by atoms with Gasteiger partial charge in [0.05, 0.1) is 10.4 Å². The predicted octanol–water partition coefficient (Wildman–Crippen LogP) is 4.14. The number of rotatable bonds is 5. The summed E-state index contributed by atoms with van der Waals surface area (Å²) in [5, 5.41) is 9.10. The second-order valence-electron chi connectivity index (χ2n) is 7.19. The molecular formula is C23H21N3O4S. The summed E-state index contributed by atoms with van der Waals surface area (Å²) in [4.78, 5) is 26.6. The second kappa shape index (κ2) is 9.49. The summed E-state index contributed by atoms with van der Waals surface area (Å²) in [5.41, 5.74) is 6.50. The summed E-state index contributed by atoms with van der Waals surface area (Å²) in [6.07, 6.45) is 5.53. The van der Waals surface area contributed by atoms with Crippen LogP contribution in [0.25, 0.3) is 0 Å². The van der Waals surface area contributed by atoms with Crippen LogP contribution < -0.4 is 15.6 Å². The van der Waals surface area contributed by atoms with Crippen molar-refractivity contribution in [3.63, 3.8) is 0 Å². The highest BCUT2D eigenvalue weighted by Crippen LogP contribution is 2.28. The summed E-state index contributed by atoms with van der Waals surface area (Å²) in [5.74, 6) is 0.0134. The van der Waals surface area contributed by atoms with E-state index in [0.717, 1.165) is 25.7 Å². The fourth-order valence-electron chi connectivity index (χ4n) is 3.43. The number of nitrogens with one attached hydrogen (secondary N) is 2. The number of carbonyl (C=O) groups is 2. The maximum atomic E-state index is 12.4. The van der Waals surface area contributed by atoms with Crippen LogP contribution in [0.4, 0.5) is 0 Å². The fourth-order valence-corrected chi connectivity index (χ4v) is 4.58. The van der Waals surface area contributed by atoms with E-state index >= 15 is 0 Å². The number of nitrogens with zero attached hydrogens (tertiary/aromatic N) is 1. The van der Waals surface area contributed by atoms with Crippen molar-refractivity contribution in [1.29, 1.82) is 5.26 Å². The molecule has 1 aliphatic rings. The number of para-hydroxylation sites is 1. The van der Waals surface area contributed by atoms with E-state index in [0.29, 0.717) is 22.0 Å². The van der Waals surface area contributed by atoms with Gasteiger partial charge in [0.2, 0.25) is 0 Å². The number of amides is 2. The molecule has 2 heterocycles. The van der Waals surface area contributed by atoms with E-state index < -0.39 is 5.91 Å². The van der Waals surface area contributed by atoms with Crippen molar-refractivity contribution in [2.45, 2.75) is 38.7 Å². The molecule has 0 aliphatic heterocycles. The smallest absolute Gasteiger partial charge is 0.305 e. The molecule has 4 rings (SSSR count). The second-order valence-corrected chi connectivity index (χ2v) is 8.33. The van der Waals surface area contributed by atoms with Crippen LogP contribution in [0.5, 0.6) is 5.75 Å². The van der Waals surface area contributed by atoms with Gasteiger partial charge in [0, 0.05) is 4.88 Å². The molecule has 0 saturated carbocycles. The standard InChI is InChI=1S/C23H21N3O4S/c24-13-16-7-4-5-8-18(16)29-14-17-10-11-19(30-17)22(27)25-26-23(28)21-12-15-6-2-1-3-9-20(15)31-21/h4-5,7-8,10-12H,1-3,6,9,14H2,(H,25,27)(H,26,28). The number of furan rings is 1. The lowest BCUT2D eigenvalue weighted by atomic mass is 10.1. The Morgan fingerprint density at radius 2 is 1.87 bits per heavy atom. The predicted molar refractivity (Wildman–Crippen MR) is 115 cm³/mol. The van der Waals surface area contributed by atoms with E-state index in [4.69, 9.17) is 14.4 Å². The van der Waals surface area contributed by atoms with E-state index in [-0.39, 0.29) is 18.3 Å². The Bertz CT molecular complexity index is 1120. The van der Waals surface area contributed by atoms with E-state index in [1.54, 1.807) is 30.3 Å². The summed E-state index contributed by atoms with van der Waals surface area (Å²) in [6, 6.07) is 14.0. The highest BCUT2D eigenvalue weighted by Gasteiger charge is 2.18. The topological polar surface area (TPSA) is 104 Å². The zero-order chi connectivity index (χ0) is 21.6. The quantitative estimate of drug-likeness (QED) is 0.463. The van der Waals surface area contributed by atoms with Crippen LogP contribution in [-0.4, -0.2) is 11.8 Å². The first-order chi connectivity index (χ1) is 15.1. The fraction of sp³-hybridized carbons (Fsp3) is 0.261. The zero-order valence-electron chi connectivity index (χ0n) is 16.8. The largest absolute Gasteiger partial charge is 0.484 e. The van der Waals surface area contributed by atoms with Gasteiger partial charge in [-0.1, -0.05) is 18.6 Å². The average Bonchev–Trinajstić information content (AvgIpc) is 3.38. The SMILES string of the molecule is N#Cc1ccccc1OCc1ccc(C(=O)NNC(=O)c2cc3c(s2)CCCCC3)o1. The molecule has 0 spiro atoms. The number of carbonyl (C=O) groups excluding carboxylic acids is 2. The number of hydrazine groups is 1. The number of benzene rings is 1. The monoisotopic (exact) mass is 435 g/mol. The first-order valence-corrected chi connectivity index (χ1v) is 10.9. The molecule has 31 heavy (non-hydrogen) atoms. The van der Waals surface area contributed by atoms with Crippen LogP contribution in [0.1, 0.15) is 61.3 Å². The highest BCUT2D eigenvalue weighted by molar-refractivity contribution is 7.14. The van der Waals surface area contributed by atoms with E-state index in [9.17, 15) is 9.59 Å². The van der Waals surface area contributed by atoms with Crippen LogP contribution in [-0.2, 0) is 19.4 Å². The molecule has 158 valence electrons. The Morgan fingerprint density at radius 1 is 1.06 bits per heavy atom. The van der Waals surface area contributed by atoms with Crippen LogP contribution >= 0.6 is 11.3 Å². The zero-order valence-corrected chi connectivity index (χ0v) is 17.6. The Labute approximate surface area is 183 Å². The van der Waals surface area contributed by atoms with Gasteiger partial charge in [0.25, 0.3) is 5.91 Å². The first kappa shape index (κ1) is 20.7. The van der Waals surface area contributed by atoms with Gasteiger partial charge < -0.3 is 9.15 Å². The molecule has 2 N–H and O–H groups in total. The molecule has 0 saturated heterocycles. The summed E-state index contributed by atoms with van der Waals surface area (Å²) in [7, 11) is 0. The third kappa shape index (κ3) is 4.95. The van der Waals surface area contributed by atoms with E-state index in [1.165, 1.54) is 34.3 Å². The number of fused-ring (bicyclic) bond motifs is 1. The molecule has 3 aromatic rings. The highest BCUT2D eigenvalue weighted by atomic mass is 32.1. The molecule has 0 bridgehead atoms. The van der Waals surface area contributed by atoms with Crippen molar-refractivity contribution < 1.29 is 18.7 Å². The third-order valence-electron chi connectivity index (χ3n) is 5.02. The van der Waals surface area contributed by atoms with Gasteiger partial charge in [0.15, 0.2) is 5.76 Å². The van der Waals surface area contributed by atoms with Gasteiger partial charge in [-0.3, -0.25) is 20.4 Å². The van der Waals surface area contributed by atoms with Crippen LogP contribution in [0.3, 0.4) is 0 Å². The maximum Gasteiger partial charge on any atom is 0.305 e. The molecule has 0 atom stereocenters. The van der Waals surface area contributed by atoms with Crippen molar-refractivity contribution in [2.75, 3.05) is 0 Å². The Morgan fingerprint density at radius 3 is 2.74 bits per heavy atom. The average molecular weight is 436 g/mol. The van der Waals surface area contributed by atoms with Crippen molar-refractivity contribution >= 4 is 23.2 Å². The first-order valence-electron chi connectivity index (χ1n) is 10.1. The molecule has 0 unspecified atom stereocenters. The normalized spacial score (nSPS) is 12.9. The minimum absolute atomic E-state index is 0.0504. The number of aryl methyl sites for hydroxylation is 2. The molecule has 2 aromatic heterocycles. The van der Waals surface area contributed by atoms with Crippen molar-refractivity contribution in [1.82, 2.24) is 10.9 Å². The lowest BCUT2D eigenvalue weighted by molar-refractivity contribution is 0.0830. The Hall–Kier alpha value is -3.57. The molecule has 8 heteroatoms. The van der Waals surface area contributed by atoms with Gasteiger partial charge in [-0.25, -0.2) is 0 Å². The summed E-state index contributed by atoms with van der Waals surface area (Å²) >= 11 is 1.49. The van der Waals surface area contributed by atoms with Gasteiger partial charge >= 0.3 is 5.91 Å². The number of hydrogen-bond donors (Lipinski definition) is 2. The lowest BCUT2D eigenvalue weighted by Gasteiger charge is -2.06. The third-order valence-corrected chi connectivity index (χ3v) is 6.26. The molecule has 1 aromatic carbocycles. The number of thiophene rings is 1. The molecule has 2 amide bonds. The van der Waals surface area contributed by atoms with Crippen LogP contribution in [0.2, 0.25) is 0 Å². The number of ether oxygens (including phenoxy) is 1. The Balaban J connectivity index is 1.31. The number of hydrogen-bond acceptors (Lipinski definition) is 6. The van der Waals surface area contributed by atoms with Crippen LogP contribution in [0, 0.1) is 11.3 Å². The summed E-state index contributed by atoms with van der Waals surface area (Å²) in [6.45, 7) is 0.0685. The Kier molecular flexibility index (Phi) is 6.34. The molecule has 0 radical (unpaired) electrons. The van der Waals surface area contributed by atoms with E-state index in [2.05, 4.69) is 16.9 Å². The lowest BCUT2D eigenvalue weighted by Crippen LogP contribution is -2.41. The van der Waals surface area contributed by atoms with Gasteiger partial charge in [-0.2, -0.15) is 5.26 Å². The van der Waals surface area contributed by atoms with Gasteiger partial charge in [-0.05, 0) is 61.6 Å². The molecular weight excluding hydrogens is 414 g/mol. The van der Waals surface area contributed by atoms with Gasteiger partial charge in [0.1, 0.15) is 24.2 Å². The minimum Gasteiger partial charge on any atom is -0.484 e.